The van der Waals surface area contributed by atoms with Crippen molar-refractivity contribution in [1.82, 2.24) is 10.2 Å². The number of hydrogen-bond acceptors (Lipinski definition) is 5. The van der Waals surface area contributed by atoms with E-state index < -0.39 is 0 Å². The molecule has 8 heteroatoms. The standard InChI is InChI=1S/C16H11BrClN3O2S/c17-11-6-2-1-5-10(11)15-20-21-16(23-15)24-9-14(22)19-13-8-4-3-7-12(13)18/h1-8H,9H2,(H,19,22). The van der Waals surface area contributed by atoms with Crippen LogP contribution in [0.3, 0.4) is 0 Å². The fourth-order valence-corrected chi connectivity index (χ4v) is 3.09. The van der Waals surface area contributed by atoms with Gasteiger partial charge in [0.25, 0.3) is 5.22 Å². The molecule has 0 fully saturated rings. The maximum Gasteiger partial charge on any atom is 0.277 e. The monoisotopic (exact) mass is 423 g/mol. The Morgan fingerprint density at radius 3 is 2.71 bits per heavy atom. The van der Waals surface area contributed by atoms with Crippen LogP contribution < -0.4 is 5.32 Å². The van der Waals surface area contributed by atoms with E-state index in [1.54, 1.807) is 24.3 Å². The van der Waals surface area contributed by atoms with Gasteiger partial charge in [0.05, 0.1) is 22.0 Å². The van der Waals surface area contributed by atoms with Crippen LogP contribution in [0.1, 0.15) is 0 Å². The average molecular weight is 425 g/mol. The number of anilines is 1. The second-order valence-electron chi connectivity index (χ2n) is 4.67. The quantitative estimate of drug-likeness (QED) is 0.591. The van der Waals surface area contributed by atoms with Crippen molar-refractivity contribution in [3.05, 3.63) is 58.0 Å². The summed E-state index contributed by atoms with van der Waals surface area (Å²) in [5.41, 5.74) is 1.38. The zero-order chi connectivity index (χ0) is 16.9. The number of carbonyl (C=O) groups excluding carboxylic acids is 1. The number of para-hydroxylation sites is 1. The van der Waals surface area contributed by atoms with E-state index in [0.29, 0.717) is 21.8 Å². The van der Waals surface area contributed by atoms with Gasteiger partial charge in [-0.1, -0.05) is 47.6 Å². The molecule has 0 saturated carbocycles. The van der Waals surface area contributed by atoms with E-state index in [0.717, 1.165) is 21.8 Å². The number of amides is 1. The van der Waals surface area contributed by atoms with Crippen LogP contribution in [-0.4, -0.2) is 21.9 Å². The molecule has 5 nitrogen and oxygen atoms in total. The molecular formula is C16H11BrClN3O2S. The average Bonchev–Trinajstić information content (AvgIpc) is 3.04. The number of halogens is 2. The molecule has 0 saturated heterocycles. The molecule has 0 spiro atoms. The lowest BCUT2D eigenvalue weighted by Crippen LogP contribution is -2.14. The van der Waals surface area contributed by atoms with E-state index in [-0.39, 0.29) is 11.7 Å². The van der Waals surface area contributed by atoms with Crippen LogP contribution in [0.25, 0.3) is 11.5 Å². The van der Waals surface area contributed by atoms with Gasteiger partial charge in [0.2, 0.25) is 11.8 Å². The number of hydrogen-bond donors (Lipinski definition) is 1. The van der Waals surface area contributed by atoms with Crippen LogP contribution in [-0.2, 0) is 4.79 Å². The van der Waals surface area contributed by atoms with Gasteiger partial charge in [-0.15, -0.1) is 10.2 Å². The van der Waals surface area contributed by atoms with Crippen LogP contribution in [0.15, 0.2) is 62.6 Å². The zero-order valence-corrected chi connectivity index (χ0v) is 15.4. The summed E-state index contributed by atoms with van der Waals surface area (Å²) in [4.78, 5) is 12.0. The molecule has 122 valence electrons. The predicted molar refractivity (Wildman–Crippen MR) is 98.2 cm³/mol. The third-order valence-corrected chi connectivity index (χ3v) is 4.82. The molecule has 0 aliphatic carbocycles. The van der Waals surface area contributed by atoms with Gasteiger partial charge in [0.1, 0.15) is 0 Å². The van der Waals surface area contributed by atoms with Crippen LogP contribution >= 0.6 is 39.3 Å². The summed E-state index contributed by atoms with van der Waals surface area (Å²) < 4.78 is 6.44. The molecule has 1 heterocycles. The number of thioether (sulfide) groups is 1. The van der Waals surface area contributed by atoms with Crippen molar-refractivity contribution in [2.45, 2.75) is 5.22 Å². The molecule has 0 aliphatic rings. The topological polar surface area (TPSA) is 68.0 Å². The van der Waals surface area contributed by atoms with E-state index in [1.165, 1.54) is 0 Å². The summed E-state index contributed by atoms with van der Waals surface area (Å²) >= 11 is 10.6. The van der Waals surface area contributed by atoms with E-state index in [1.807, 2.05) is 24.3 Å². The maximum atomic E-state index is 12.0. The summed E-state index contributed by atoms with van der Waals surface area (Å²) in [7, 11) is 0. The van der Waals surface area contributed by atoms with E-state index >= 15 is 0 Å². The lowest BCUT2D eigenvalue weighted by atomic mass is 10.2. The first-order chi connectivity index (χ1) is 11.6. The molecule has 2 aromatic carbocycles. The lowest BCUT2D eigenvalue weighted by molar-refractivity contribution is -0.113. The van der Waals surface area contributed by atoms with Crippen molar-refractivity contribution in [1.29, 1.82) is 0 Å². The Morgan fingerprint density at radius 2 is 1.92 bits per heavy atom. The Bertz CT molecular complexity index is 872. The Kier molecular flexibility index (Phi) is 5.55. The lowest BCUT2D eigenvalue weighted by Gasteiger charge is -2.05. The first-order valence-electron chi connectivity index (χ1n) is 6.89. The molecule has 3 aromatic rings. The molecule has 0 aliphatic heterocycles. The number of rotatable bonds is 5. The third kappa shape index (κ3) is 4.17. The van der Waals surface area contributed by atoms with Gasteiger partial charge in [0, 0.05) is 4.47 Å². The molecule has 3 rings (SSSR count). The Labute approximate surface area is 155 Å². The van der Waals surface area contributed by atoms with Crippen molar-refractivity contribution in [2.75, 3.05) is 11.1 Å². The van der Waals surface area contributed by atoms with Gasteiger partial charge in [0.15, 0.2) is 0 Å². The van der Waals surface area contributed by atoms with Gasteiger partial charge in [-0.25, -0.2) is 0 Å². The highest BCUT2D eigenvalue weighted by Gasteiger charge is 2.13. The van der Waals surface area contributed by atoms with Crippen molar-refractivity contribution >= 4 is 50.9 Å². The van der Waals surface area contributed by atoms with Crippen LogP contribution in [0, 0.1) is 0 Å². The third-order valence-electron chi connectivity index (χ3n) is 2.99. The molecule has 1 N–H and O–H groups in total. The highest BCUT2D eigenvalue weighted by Crippen LogP contribution is 2.29. The number of aromatic nitrogens is 2. The molecule has 1 amide bonds. The van der Waals surface area contributed by atoms with Crippen LogP contribution in [0.5, 0.6) is 0 Å². The summed E-state index contributed by atoms with van der Waals surface area (Å²) in [5.74, 6) is 0.341. The number of nitrogens with one attached hydrogen (secondary N) is 1. The zero-order valence-electron chi connectivity index (χ0n) is 12.2. The van der Waals surface area contributed by atoms with Crippen molar-refractivity contribution in [3.63, 3.8) is 0 Å². The molecule has 0 radical (unpaired) electrons. The molecule has 24 heavy (non-hydrogen) atoms. The van der Waals surface area contributed by atoms with Gasteiger partial charge in [-0.2, -0.15) is 0 Å². The first-order valence-corrected chi connectivity index (χ1v) is 9.05. The van der Waals surface area contributed by atoms with Gasteiger partial charge in [-0.3, -0.25) is 4.79 Å². The van der Waals surface area contributed by atoms with Gasteiger partial charge in [-0.05, 0) is 40.2 Å². The second kappa shape index (κ2) is 7.83. The molecule has 0 bridgehead atoms. The minimum absolute atomic E-state index is 0.142. The van der Waals surface area contributed by atoms with Crippen molar-refractivity contribution < 1.29 is 9.21 Å². The Morgan fingerprint density at radius 1 is 1.17 bits per heavy atom. The molecule has 0 atom stereocenters. The highest BCUT2D eigenvalue weighted by atomic mass is 79.9. The van der Waals surface area contributed by atoms with E-state index in [9.17, 15) is 4.79 Å². The highest BCUT2D eigenvalue weighted by molar-refractivity contribution is 9.10. The Hall–Kier alpha value is -1.83. The summed E-state index contributed by atoms with van der Waals surface area (Å²) in [6, 6.07) is 14.6. The first kappa shape index (κ1) is 17.0. The fourth-order valence-electron chi connectivity index (χ4n) is 1.89. The second-order valence-corrected chi connectivity index (χ2v) is 6.86. The van der Waals surface area contributed by atoms with E-state index in [4.69, 9.17) is 16.0 Å². The van der Waals surface area contributed by atoms with Gasteiger partial charge >= 0.3 is 0 Å². The smallest absolute Gasteiger partial charge is 0.277 e. The van der Waals surface area contributed by atoms with Crippen LogP contribution in [0.2, 0.25) is 5.02 Å². The molecular weight excluding hydrogens is 414 g/mol. The van der Waals surface area contributed by atoms with Crippen LogP contribution in [0.4, 0.5) is 5.69 Å². The summed E-state index contributed by atoms with van der Waals surface area (Å²) in [6.45, 7) is 0. The number of nitrogens with zero attached hydrogens (tertiary/aromatic N) is 2. The SMILES string of the molecule is O=C(CSc1nnc(-c2ccccc2Br)o1)Nc1ccccc1Cl. The van der Waals surface area contributed by atoms with E-state index in [2.05, 4.69) is 31.4 Å². The maximum absolute atomic E-state index is 12.0. The minimum atomic E-state index is -0.200. The normalized spacial score (nSPS) is 10.6. The summed E-state index contributed by atoms with van der Waals surface area (Å²) in [5, 5.41) is 11.5. The minimum Gasteiger partial charge on any atom is -0.411 e. The largest absolute Gasteiger partial charge is 0.411 e. The number of benzene rings is 2. The number of carbonyl (C=O) groups is 1. The summed E-state index contributed by atoms with van der Waals surface area (Å²) in [6.07, 6.45) is 0. The molecule has 0 unspecified atom stereocenters. The van der Waals surface area contributed by atoms with Gasteiger partial charge < -0.3 is 9.73 Å². The van der Waals surface area contributed by atoms with Crippen molar-refractivity contribution in [3.8, 4) is 11.5 Å². The molecule has 1 aromatic heterocycles. The van der Waals surface area contributed by atoms with Crippen molar-refractivity contribution in [2.24, 2.45) is 0 Å². The predicted octanol–water partition coefficient (Wildman–Crippen LogP) is 4.88. The Balaban J connectivity index is 1.61. The fraction of sp³-hybridized carbons (Fsp3) is 0.0625.